The molecule has 1 aromatic rings. The average Bonchev–Trinajstić information content (AvgIpc) is 2.32. The minimum Gasteiger partial charge on any atom is -0.313 e. The van der Waals surface area contributed by atoms with Crippen molar-refractivity contribution in [3.63, 3.8) is 0 Å². The molecule has 3 heteroatoms. The van der Waals surface area contributed by atoms with Crippen LogP contribution in [0.25, 0.3) is 0 Å². The number of rotatable bonds is 7. The molecule has 0 fully saturated rings. The molecule has 0 aromatic heterocycles. The number of hydrogen-bond acceptors (Lipinski definition) is 2. The van der Waals surface area contributed by atoms with Crippen molar-refractivity contribution in [1.29, 1.82) is 0 Å². The van der Waals surface area contributed by atoms with Crippen LogP contribution in [0.3, 0.4) is 0 Å². The predicted octanol–water partition coefficient (Wildman–Crippen LogP) is 3.27. The molecule has 0 saturated heterocycles. The highest BCUT2D eigenvalue weighted by molar-refractivity contribution is 9.10. The van der Waals surface area contributed by atoms with Crippen LogP contribution >= 0.6 is 15.9 Å². The van der Waals surface area contributed by atoms with Gasteiger partial charge in [0.1, 0.15) is 0 Å². The molecule has 1 N–H and O–H groups in total. The van der Waals surface area contributed by atoms with Crippen molar-refractivity contribution in [1.82, 2.24) is 10.2 Å². The second-order valence-corrected chi connectivity index (χ2v) is 5.45. The Labute approximate surface area is 114 Å². The lowest BCUT2D eigenvalue weighted by Gasteiger charge is -2.19. The first kappa shape index (κ1) is 14.7. The molecule has 96 valence electrons. The zero-order valence-electron chi connectivity index (χ0n) is 11.0. The van der Waals surface area contributed by atoms with E-state index in [-0.39, 0.29) is 0 Å². The second kappa shape index (κ2) is 7.85. The molecule has 17 heavy (non-hydrogen) atoms. The molecule has 0 saturated carbocycles. The molecule has 0 radical (unpaired) electrons. The monoisotopic (exact) mass is 298 g/mol. The van der Waals surface area contributed by atoms with Gasteiger partial charge in [0.05, 0.1) is 0 Å². The third-order valence-electron chi connectivity index (χ3n) is 3.00. The number of halogens is 1. The van der Waals surface area contributed by atoms with Crippen LogP contribution in [-0.2, 0) is 6.54 Å². The lowest BCUT2D eigenvalue weighted by atomic mass is 10.2. The van der Waals surface area contributed by atoms with Crippen LogP contribution in [-0.4, -0.2) is 31.1 Å². The maximum atomic E-state index is 3.59. The van der Waals surface area contributed by atoms with Gasteiger partial charge in [0.25, 0.3) is 0 Å². The number of benzene rings is 1. The Balaban J connectivity index is 2.30. The summed E-state index contributed by atoms with van der Waals surface area (Å²) in [7, 11) is 2.16. The molecular weight excluding hydrogens is 276 g/mol. The third-order valence-corrected chi connectivity index (χ3v) is 3.77. The molecule has 0 amide bonds. The summed E-state index contributed by atoms with van der Waals surface area (Å²) in [5.74, 6) is 0. The van der Waals surface area contributed by atoms with Gasteiger partial charge in [-0.15, -0.1) is 0 Å². The number of nitrogens with one attached hydrogen (secondary N) is 1. The summed E-state index contributed by atoms with van der Waals surface area (Å²) >= 11 is 3.59. The summed E-state index contributed by atoms with van der Waals surface area (Å²) < 4.78 is 1.20. The number of hydrogen-bond donors (Lipinski definition) is 1. The van der Waals surface area contributed by atoms with E-state index in [1.165, 1.54) is 16.5 Å². The maximum absolute atomic E-state index is 3.59. The largest absolute Gasteiger partial charge is 0.313 e. The minimum atomic E-state index is 0.617. The van der Waals surface area contributed by atoms with E-state index in [2.05, 4.69) is 71.3 Å². The van der Waals surface area contributed by atoms with Crippen molar-refractivity contribution < 1.29 is 0 Å². The van der Waals surface area contributed by atoms with E-state index in [0.717, 1.165) is 19.6 Å². The fourth-order valence-corrected chi connectivity index (χ4v) is 2.05. The van der Waals surface area contributed by atoms with Gasteiger partial charge in [0, 0.05) is 30.1 Å². The molecule has 0 bridgehead atoms. The fourth-order valence-electron chi connectivity index (χ4n) is 1.64. The van der Waals surface area contributed by atoms with E-state index < -0.39 is 0 Å². The van der Waals surface area contributed by atoms with Crippen molar-refractivity contribution in [2.24, 2.45) is 0 Å². The first-order valence-corrected chi connectivity index (χ1v) is 7.08. The maximum Gasteiger partial charge on any atom is 0.0242 e. The highest BCUT2D eigenvalue weighted by Gasteiger charge is 2.04. The number of nitrogens with zero attached hydrogens (tertiary/aromatic N) is 1. The zero-order chi connectivity index (χ0) is 12.7. The van der Waals surface area contributed by atoms with Gasteiger partial charge in [-0.25, -0.2) is 0 Å². The van der Waals surface area contributed by atoms with Crippen LogP contribution in [0, 0.1) is 0 Å². The summed E-state index contributed by atoms with van der Waals surface area (Å²) in [4.78, 5) is 2.34. The Morgan fingerprint density at radius 3 is 2.71 bits per heavy atom. The number of likely N-dealkylation sites (N-methyl/N-ethyl adjacent to an activating group) is 1. The van der Waals surface area contributed by atoms with Crippen LogP contribution in [0.5, 0.6) is 0 Å². The van der Waals surface area contributed by atoms with Crippen molar-refractivity contribution in [2.75, 3.05) is 20.1 Å². The van der Waals surface area contributed by atoms with Gasteiger partial charge in [0.15, 0.2) is 0 Å². The zero-order valence-corrected chi connectivity index (χ0v) is 12.6. The summed E-state index contributed by atoms with van der Waals surface area (Å²) in [6.07, 6.45) is 1.19. The van der Waals surface area contributed by atoms with Gasteiger partial charge in [-0.2, -0.15) is 0 Å². The van der Waals surface area contributed by atoms with Gasteiger partial charge in [0.2, 0.25) is 0 Å². The minimum absolute atomic E-state index is 0.617. The summed E-state index contributed by atoms with van der Waals surface area (Å²) in [5.41, 5.74) is 1.35. The van der Waals surface area contributed by atoms with Crippen molar-refractivity contribution in [3.8, 4) is 0 Å². The smallest absolute Gasteiger partial charge is 0.0242 e. The Kier molecular flexibility index (Phi) is 6.78. The molecule has 0 heterocycles. The molecule has 0 spiro atoms. The van der Waals surface area contributed by atoms with Crippen LogP contribution in [0.2, 0.25) is 0 Å². The first-order valence-electron chi connectivity index (χ1n) is 6.28. The van der Waals surface area contributed by atoms with Gasteiger partial charge in [-0.05, 0) is 32.0 Å². The highest BCUT2D eigenvalue weighted by Crippen LogP contribution is 2.16. The normalized spacial score (nSPS) is 13.0. The molecule has 1 atom stereocenters. The molecule has 1 unspecified atom stereocenters. The van der Waals surface area contributed by atoms with Crippen LogP contribution in [0.4, 0.5) is 0 Å². The van der Waals surface area contributed by atoms with E-state index in [0.29, 0.717) is 6.04 Å². The van der Waals surface area contributed by atoms with Crippen molar-refractivity contribution >= 4 is 15.9 Å². The van der Waals surface area contributed by atoms with Crippen molar-refractivity contribution in [2.45, 2.75) is 32.9 Å². The molecule has 0 aliphatic heterocycles. The van der Waals surface area contributed by atoms with Gasteiger partial charge in [-0.1, -0.05) is 41.1 Å². The second-order valence-electron chi connectivity index (χ2n) is 4.59. The Morgan fingerprint density at radius 2 is 2.06 bits per heavy atom. The molecule has 1 aromatic carbocycles. The van der Waals surface area contributed by atoms with E-state index in [4.69, 9.17) is 0 Å². The van der Waals surface area contributed by atoms with E-state index in [1.54, 1.807) is 0 Å². The lowest BCUT2D eigenvalue weighted by Crippen LogP contribution is -2.33. The topological polar surface area (TPSA) is 15.3 Å². The van der Waals surface area contributed by atoms with Crippen LogP contribution in [0.1, 0.15) is 25.8 Å². The first-order chi connectivity index (χ1) is 8.13. The van der Waals surface area contributed by atoms with Crippen LogP contribution in [0.15, 0.2) is 28.7 Å². The Morgan fingerprint density at radius 1 is 1.35 bits per heavy atom. The standard InChI is InChI=1S/C14H23BrN2/c1-4-12(2)16-9-10-17(3)11-13-7-5-6-8-14(13)15/h5-8,12,16H,4,9-11H2,1-3H3. The fraction of sp³-hybridized carbons (Fsp3) is 0.571. The quantitative estimate of drug-likeness (QED) is 0.831. The molecule has 1 rings (SSSR count). The third kappa shape index (κ3) is 5.66. The highest BCUT2D eigenvalue weighted by atomic mass is 79.9. The van der Waals surface area contributed by atoms with Gasteiger partial charge >= 0.3 is 0 Å². The SMILES string of the molecule is CCC(C)NCCN(C)Cc1ccccc1Br. The predicted molar refractivity (Wildman–Crippen MR) is 78.2 cm³/mol. The van der Waals surface area contributed by atoms with E-state index in [1.807, 2.05) is 0 Å². The van der Waals surface area contributed by atoms with Crippen LogP contribution < -0.4 is 5.32 Å². The summed E-state index contributed by atoms with van der Waals surface area (Å²) in [6.45, 7) is 7.56. The average molecular weight is 299 g/mol. The summed E-state index contributed by atoms with van der Waals surface area (Å²) in [6, 6.07) is 9.03. The molecule has 0 aliphatic carbocycles. The Bertz CT molecular complexity index is 328. The van der Waals surface area contributed by atoms with Gasteiger partial charge < -0.3 is 10.2 Å². The molecule has 0 aliphatic rings. The molecular formula is C14H23BrN2. The Hall–Kier alpha value is -0.380. The molecule has 2 nitrogen and oxygen atoms in total. The summed E-state index contributed by atoms with van der Waals surface area (Å²) in [5, 5.41) is 3.51. The van der Waals surface area contributed by atoms with Gasteiger partial charge in [-0.3, -0.25) is 0 Å². The lowest BCUT2D eigenvalue weighted by molar-refractivity contribution is 0.317. The van der Waals surface area contributed by atoms with E-state index >= 15 is 0 Å². The van der Waals surface area contributed by atoms with Crippen molar-refractivity contribution in [3.05, 3.63) is 34.3 Å². The van der Waals surface area contributed by atoms with E-state index in [9.17, 15) is 0 Å².